The molecule has 4 atom stereocenters. The van der Waals surface area contributed by atoms with Crippen LogP contribution in [0.25, 0.3) is 0 Å². The van der Waals surface area contributed by atoms with Gasteiger partial charge in [-0.1, -0.05) is 29.5 Å². The van der Waals surface area contributed by atoms with E-state index in [1.807, 2.05) is 25.3 Å². The van der Waals surface area contributed by atoms with Gasteiger partial charge in [0.15, 0.2) is 6.29 Å². The third-order valence-electron chi connectivity index (χ3n) is 4.40. The zero-order valence-corrected chi connectivity index (χ0v) is 15.4. The van der Waals surface area contributed by atoms with E-state index in [1.165, 1.54) is 11.8 Å². The Hall–Kier alpha value is -1.15. The third-order valence-corrected chi connectivity index (χ3v) is 5.42. The van der Waals surface area contributed by atoms with Crippen molar-refractivity contribution in [3.63, 3.8) is 0 Å². The van der Waals surface area contributed by atoms with Gasteiger partial charge in [0, 0.05) is 20.0 Å². The number of methoxy groups -OCH3 is 1. The molecule has 7 heteroatoms. The van der Waals surface area contributed by atoms with Crippen LogP contribution in [0.4, 0.5) is 0 Å². The fraction of sp³-hybridized carbons (Fsp3) is 0.529. The molecule has 24 heavy (non-hydrogen) atoms. The summed E-state index contributed by atoms with van der Waals surface area (Å²) >= 11 is 6.52. The molecule has 1 aromatic carbocycles. The number of ether oxygens (including phenoxy) is 4. The van der Waals surface area contributed by atoms with Crippen LogP contribution in [0.3, 0.4) is 0 Å². The summed E-state index contributed by atoms with van der Waals surface area (Å²) in [6.07, 6.45) is 2.03. The molecule has 0 radical (unpaired) electrons. The van der Waals surface area contributed by atoms with Gasteiger partial charge < -0.3 is 18.9 Å². The summed E-state index contributed by atoms with van der Waals surface area (Å²) in [6, 6.07) is 7.29. The van der Waals surface area contributed by atoms with Gasteiger partial charge in [-0.25, -0.2) is 4.79 Å². The highest BCUT2D eigenvalue weighted by atomic mass is 32.2. The maximum absolute atomic E-state index is 12.3. The van der Waals surface area contributed by atoms with E-state index in [-0.39, 0.29) is 24.5 Å². The highest BCUT2D eigenvalue weighted by Crippen LogP contribution is 2.53. The van der Waals surface area contributed by atoms with E-state index >= 15 is 0 Å². The average molecular weight is 368 g/mol. The summed E-state index contributed by atoms with van der Waals surface area (Å²) in [5.41, 5.74) is 0.970. The minimum Gasteiger partial charge on any atom is -0.472 e. The Morgan fingerprint density at radius 3 is 2.62 bits per heavy atom. The molecule has 0 bridgehead atoms. The lowest BCUT2D eigenvalue weighted by atomic mass is 10.1. The number of rotatable bonds is 4. The SMILES string of the molecule is CO[C@H]1C[C@H](OC(=S)SC)C2(C[C@H]2OC(=O)c2ccc(C)cc2)O1. The van der Waals surface area contributed by atoms with Crippen LogP contribution in [0.15, 0.2) is 24.3 Å². The Morgan fingerprint density at radius 1 is 1.29 bits per heavy atom. The smallest absolute Gasteiger partial charge is 0.338 e. The van der Waals surface area contributed by atoms with Gasteiger partial charge in [-0.05, 0) is 37.5 Å². The van der Waals surface area contributed by atoms with Crippen LogP contribution in [-0.2, 0) is 18.9 Å². The summed E-state index contributed by atoms with van der Waals surface area (Å²) in [5.74, 6) is -0.354. The van der Waals surface area contributed by atoms with Crippen molar-refractivity contribution in [2.45, 2.75) is 43.9 Å². The molecule has 1 aliphatic carbocycles. The van der Waals surface area contributed by atoms with Crippen LogP contribution in [0.2, 0.25) is 0 Å². The largest absolute Gasteiger partial charge is 0.472 e. The lowest BCUT2D eigenvalue weighted by Gasteiger charge is -2.19. The minimum atomic E-state index is -0.652. The first-order chi connectivity index (χ1) is 11.5. The van der Waals surface area contributed by atoms with E-state index in [4.69, 9.17) is 31.2 Å². The van der Waals surface area contributed by atoms with Gasteiger partial charge in [0.1, 0.15) is 17.8 Å². The number of aryl methyl sites for hydroxylation is 1. The zero-order valence-electron chi connectivity index (χ0n) is 13.8. The highest BCUT2D eigenvalue weighted by molar-refractivity contribution is 8.22. The molecule has 1 unspecified atom stereocenters. The Bertz CT molecular complexity index is 632. The molecule has 1 saturated heterocycles. The average Bonchev–Trinajstić information content (AvgIpc) is 3.14. The number of carbonyl (C=O) groups is 1. The number of carbonyl (C=O) groups excluding carboxylic acids is 1. The molecule has 1 heterocycles. The van der Waals surface area contributed by atoms with Crippen molar-refractivity contribution in [1.29, 1.82) is 0 Å². The third kappa shape index (κ3) is 3.44. The van der Waals surface area contributed by atoms with Crippen molar-refractivity contribution >= 4 is 34.3 Å². The highest BCUT2D eigenvalue weighted by Gasteiger charge is 2.69. The van der Waals surface area contributed by atoms with Crippen LogP contribution in [-0.4, -0.2) is 47.8 Å². The Kier molecular flexibility index (Phi) is 5.15. The minimum absolute atomic E-state index is 0.266. The van der Waals surface area contributed by atoms with Gasteiger partial charge in [0.2, 0.25) is 4.38 Å². The number of thiocarbonyl (C=S) groups is 1. The number of thioether (sulfide) groups is 1. The Balaban J connectivity index is 1.67. The lowest BCUT2D eigenvalue weighted by molar-refractivity contribution is -0.137. The molecule has 2 fully saturated rings. The zero-order chi connectivity index (χ0) is 17.3. The Labute approximate surface area is 151 Å². The van der Waals surface area contributed by atoms with E-state index in [9.17, 15) is 4.79 Å². The van der Waals surface area contributed by atoms with Crippen LogP contribution >= 0.6 is 24.0 Å². The number of hydrogen-bond acceptors (Lipinski definition) is 7. The van der Waals surface area contributed by atoms with Crippen LogP contribution in [0.1, 0.15) is 28.8 Å². The molecule has 2 aliphatic rings. The Morgan fingerprint density at radius 2 is 2.00 bits per heavy atom. The molecule has 0 N–H and O–H groups in total. The summed E-state index contributed by atoms with van der Waals surface area (Å²) in [7, 11) is 1.59. The van der Waals surface area contributed by atoms with Crippen LogP contribution in [0.5, 0.6) is 0 Å². The summed E-state index contributed by atoms with van der Waals surface area (Å²) in [6.45, 7) is 1.97. The quantitative estimate of drug-likeness (QED) is 0.598. The molecule has 130 valence electrons. The second kappa shape index (κ2) is 7.00. The van der Waals surface area contributed by atoms with E-state index < -0.39 is 5.60 Å². The van der Waals surface area contributed by atoms with E-state index in [0.29, 0.717) is 22.8 Å². The normalized spacial score (nSPS) is 31.0. The number of esters is 1. The standard InChI is InChI=1S/C17H20O5S2/c1-10-4-6-11(7-5-10)15(18)20-13-9-17(13)12(21-16(23)24-3)8-14(19-2)22-17/h4-7,12-14H,8-9H2,1-3H3/t12-,13+,14+,17?/m0/s1. The maximum atomic E-state index is 12.3. The van der Waals surface area contributed by atoms with Crippen molar-refractivity contribution in [1.82, 2.24) is 0 Å². The lowest BCUT2D eigenvalue weighted by Crippen LogP contribution is -2.32. The first kappa shape index (κ1) is 17.7. The van der Waals surface area contributed by atoms with E-state index in [1.54, 1.807) is 19.2 Å². The topological polar surface area (TPSA) is 54.0 Å². The van der Waals surface area contributed by atoms with Crippen molar-refractivity contribution in [2.24, 2.45) is 0 Å². The molecule has 5 nitrogen and oxygen atoms in total. The second-order valence-electron chi connectivity index (χ2n) is 6.00. The molecule has 0 aromatic heterocycles. The molecular formula is C17H20O5S2. The molecule has 1 spiro atoms. The first-order valence-electron chi connectivity index (χ1n) is 7.71. The first-order valence-corrected chi connectivity index (χ1v) is 9.34. The van der Waals surface area contributed by atoms with Crippen molar-refractivity contribution in [2.75, 3.05) is 13.4 Å². The van der Waals surface area contributed by atoms with Crippen molar-refractivity contribution in [3.8, 4) is 0 Å². The predicted octanol–water partition coefficient (Wildman–Crippen LogP) is 3.09. The molecule has 0 amide bonds. The van der Waals surface area contributed by atoms with Crippen molar-refractivity contribution in [3.05, 3.63) is 35.4 Å². The summed E-state index contributed by atoms with van der Waals surface area (Å²) < 4.78 is 23.1. The second-order valence-corrected chi connectivity index (χ2v) is 7.41. The number of hydrogen-bond donors (Lipinski definition) is 0. The van der Waals surface area contributed by atoms with Crippen LogP contribution in [0, 0.1) is 6.92 Å². The van der Waals surface area contributed by atoms with Gasteiger partial charge >= 0.3 is 5.97 Å². The van der Waals surface area contributed by atoms with Crippen LogP contribution < -0.4 is 0 Å². The predicted molar refractivity (Wildman–Crippen MR) is 95.2 cm³/mol. The van der Waals surface area contributed by atoms with Gasteiger partial charge in [-0.3, -0.25) is 0 Å². The fourth-order valence-corrected chi connectivity index (χ4v) is 3.25. The van der Waals surface area contributed by atoms with E-state index in [0.717, 1.165) is 5.56 Å². The molecular weight excluding hydrogens is 348 g/mol. The van der Waals surface area contributed by atoms with Gasteiger partial charge in [0.25, 0.3) is 0 Å². The summed E-state index contributed by atoms with van der Waals surface area (Å²) in [5, 5.41) is 0. The fourth-order valence-electron chi connectivity index (χ4n) is 2.92. The molecule has 1 aromatic rings. The summed E-state index contributed by atoms with van der Waals surface area (Å²) in [4.78, 5) is 12.3. The maximum Gasteiger partial charge on any atom is 0.338 e. The molecule has 1 saturated carbocycles. The monoisotopic (exact) mass is 368 g/mol. The van der Waals surface area contributed by atoms with Crippen molar-refractivity contribution < 1.29 is 23.7 Å². The molecule has 3 rings (SSSR count). The van der Waals surface area contributed by atoms with E-state index in [2.05, 4.69) is 0 Å². The van der Waals surface area contributed by atoms with Gasteiger partial charge in [-0.15, -0.1) is 0 Å². The number of benzene rings is 1. The van der Waals surface area contributed by atoms with Gasteiger partial charge in [0.05, 0.1) is 5.56 Å². The van der Waals surface area contributed by atoms with Gasteiger partial charge in [-0.2, -0.15) is 0 Å². The molecule has 1 aliphatic heterocycles.